The molecule has 1 fully saturated rings. The van der Waals surface area contributed by atoms with E-state index in [2.05, 4.69) is 74.3 Å². The number of nitrogens with one attached hydrogen (secondary N) is 1. The predicted octanol–water partition coefficient (Wildman–Crippen LogP) is 2.08. The molecule has 1 aromatic carbocycles. The topological polar surface area (TPSA) is 104 Å². The first kappa shape index (κ1) is 23.6. The van der Waals surface area contributed by atoms with Gasteiger partial charge in [0, 0.05) is 57.7 Å². The second-order valence-corrected chi connectivity index (χ2v) is 9.06. The van der Waals surface area contributed by atoms with Gasteiger partial charge < -0.3 is 20.0 Å². The zero-order valence-electron chi connectivity index (χ0n) is 20.7. The van der Waals surface area contributed by atoms with E-state index in [0.29, 0.717) is 11.9 Å². The summed E-state index contributed by atoms with van der Waals surface area (Å²) in [5.74, 6) is 1.92. The van der Waals surface area contributed by atoms with Crippen LogP contribution in [0.25, 0.3) is 0 Å². The summed E-state index contributed by atoms with van der Waals surface area (Å²) in [6, 6.07) is 10.4. The van der Waals surface area contributed by atoms with Crippen LogP contribution in [0, 0.1) is 0 Å². The highest BCUT2D eigenvalue weighted by atomic mass is 15.4. The fourth-order valence-electron chi connectivity index (χ4n) is 4.02. The minimum atomic E-state index is 0.506. The number of nitrogens with zero attached hydrogens (tertiary/aromatic N) is 10. The van der Waals surface area contributed by atoms with Crippen molar-refractivity contribution in [1.29, 1.82) is 0 Å². The van der Waals surface area contributed by atoms with Crippen molar-refractivity contribution in [1.82, 2.24) is 39.6 Å². The Morgan fingerprint density at radius 1 is 0.833 bits per heavy atom. The zero-order valence-corrected chi connectivity index (χ0v) is 20.7. The Hall–Kier alpha value is -4.12. The average Bonchev–Trinajstić information content (AvgIpc) is 3.36. The molecule has 186 valence electrons. The fraction of sp³-hybridized carbons (Fsp3) is 0.360. The highest BCUT2D eigenvalue weighted by molar-refractivity contribution is 5.51. The van der Waals surface area contributed by atoms with Gasteiger partial charge in [-0.1, -0.05) is 30.3 Å². The summed E-state index contributed by atoms with van der Waals surface area (Å²) >= 11 is 0. The van der Waals surface area contributed by atoms with Crippen molar-refractivity contribution in [2.24, 2.45) is 0 Å². The molecule has 11 heteroatoms. The van der Waals surface area contributed by atoms with Crippen LogP contribution in [0.4, 0.5) is 23.5 Å². The summed E-state index contributed by atoms with van der Waals surface area (Å²) < 4.78 is 1.90. The lowest BCUT2D eigenvalue weighted by Gasteiger charge is -2.34. The maximum atomic E-state index is 4.62. The summed E-state index contributed by atoms with van der Waals surface area (Å²) in [5.41, 5.74) is 3.22. The van der Waals surface area contributed by atoms with Gasteiger partial charge in [-0.25, -0.2) is 19.9 Å². The van der Waals surface area contributed by atoms with E-state index in [1.165, 1.54) is 5.56 Å². The number of likely N-dealkylation sites (N-methyl/N-ethyl adjacent to an activating group) is 1. The van der Waals surface area contributed by atoms with Crippen LogP contribution in [0.15, 0.2) is 61.4 Å². The quantitative estimate of drug-likeness (QED) is 0.379. The lowest BCUT2D eigenvalue weighted by molar-refractivity contribution is 0.373. The van der Waals surface area contributed by atoms with Gasteiger partial charge in [0.15, 0.2) is 0 Å². The molecule has 0 aliphatic carbocycles. The molecule has 36 heavy (non-hydrogen) atoms. The van der Waals surface area contributed by atoms with Crippen molar-refractivity contribution in [3.63, 3.8) is 0 Å². The van der Waals surface area contributed by atoms with E-state index >= 15 is 0 Å². The zero-order chi connectivity index (χ0) is 24.7. The minimum Gasteiger partial charge on any atom is -0.337 e. The van der Waals surface area contributed by atoms with Crippen LogP contribution >= 0.6 is 0 Å². The van der Waals surface area contributed by atoms with Gasteiger partial charge in [0.25, 0.3) is 0 Å². The third kappa shape index (κ3) is 6.11. The molecule has 11 nitrogen and oxygen atoms in total. The van der Waals surface area contributed by atoms with E-state index in [1.54, 1.807) is 12.5 Å². The van der Waals surface area contributed by atoms with E-state index in [1.807, 2.05) is 43.4 Å². The predicted molar refractivity (Wildman–Crippen MR) is 140 cm³/mol. The van der Waals surface area contributed by atoms with Crippen LogP contribution in [0.5, 0.6) is 0 Å². The molecule has 0 atom stereocenters. The Morgan fingerprint density at radius 3 is 2.28 bits per heavy atom. The molecule has 0 saturated carbocycles. The van der Waals surface area contributed by atoms with E-state index in [-0.39, 0.29) is 0 Å². The standard InChI is InChI=1S/C25H31N11/c1-33(2)8-13-36-18-22(17-30-36)31-23-28-19-29-25(32-23)35-11-9-34(10-12-35)24-26-15-21(16-27-24)14-20-6-4-3-5-7-20/h3-7,15-19H,8-14H2,1-2H3,(H,28,29,31,32). The van der Waals surface area contributed by atoms with Crippen LogP contribution in [-0.2, 0) is 13.0 Å². The smallest absolute Gasteiger partial charge is 0.232 e. The number of hydrogen-bond acceptors (Lipinski definition) is 10. The molecule has 3 aromatic heterocycles. The van der Waals surface area contributed by atoms with Crippen molar-refractivity contribution < 1.29 is 0 Å². The lowest BCUT2D eigenvalue weighted by Crippen LogP contribution is -2.47. The van der Waals surface area contributed by atoms with Gasteiger partial charge in [-0.15, -0.1) is 0 Å². The summed E-state index contributed by atoms with van der Waals surface area (Å²) in [4.78, 5) is 29.0. The summed E-state index contributed by atoms with van der Waals surface area (Å²) in [5, 5.41) is 7.62. The number of piperazine rings is 1. The Kier molecular flexibility index (Phi) is 7.27. The lowest BCUT2D eigenvalue weighted by atomic mass is 10.1. The number of benzene rings is 1. The number of anilines is 4. The molecule has 0 bridgehead atoms. The van der Waals surface area contributed by atoms with E-state index in [4.69, 9.17) is 0 Å². The molecule has 0 spiro atoms. The van der Waals surface area contributed by atoms with Gasteiger partial charge in [0.1, 0.15) is 6.33 Å². The van der Waals surface area contributed by atoms with Crippen LogP contribution in [0.2, 0.25) is 0 Å². The van der Waals surface area contributed by atoms with Crippen LogP contribution in [0.3, 0.4) is 0 Å². The normalized spacial score (nSPS) is 13.9. The SMILES string of the molecule is CN(C)CCn1cc(Nc2ncnc(N3CCN(c4ncc(Cc5ccccc5)cn4)CC3)n2)cn1. The largest absolute Gasteiger partial charge is 0.337 e. The first-order valence-electron chi connectivity index (χ1n) is 12.1. The molecule has 1 saturated heterocycles. The van der Waals surface area contributed by atoms with Gasteiger partial charge in [0.2, 0.25) is 17.8 Å². The molecular formula is C25H31N11. The third-order valence-corrected chi connectivity index (χ3v) is 6.01. The number of rotatable bonds is 9. The van der Waals surface area contributed by atoms with Gasteiger partial charge >= 0.3 is 0 Å². The summed E-state index contributed by atoms with van der Waals surface area (Å²) in [6.45, 7) is 4.89. The highest BCUT2D eigenvalue weighted by Crippen LogP contribution is 2.18. The molecule has 1 aliphatic rings. The summed E-state index contributed by atoms with van der Waals surface area (Å²) in [6.07, 6.45) is 9.96. The van der Waals surface area contributed by atoms with Crippen molar-refractivity contribution in [2.45, 2.75) is 13.0 Å². The molecule has 0 unspecified atom stereocenters. The van der Waals surface area contributed by atoms with Crippen LogP contribution < -0.4 is 15.1 Å². The molecule has 0 amide bonds. The van der Waals surface area contributed by atoms with Crippen molar-refractivity contribution in [3.05, 3.63) is 72.6 Å². The second kappa shape index (κ2) is 11.1. The van der Waals surface area contributed by atoms with Crippen molar-refractivity contribution in [3.8, 4) is 0 Å². The minimum absolute atomic E-state index is 0.506. The first-order chi connectivity index (χ1) is 17.6. The van der Waals surface area contributed by atoms with Gasteiger partial charge in [-0.05, 0) is 25.2 Å². The van der Waals surface area contributed by atoms with Gasteiger partial charge in [-0.3, -0.25) is 4.68 Å². The van der Waals surface area contributed by atoms with Gasteiger partial charge in [-0.2, -0.15) is 10.1 Å². The molecular weight excluding hydrogens is 454 g/mol. The van der Waals surface area contributed by atoms with Crippen LogP contribution in [-0.4, -0.2) is 86.4 Å². The van der Waals surface area contributed by atoms with E-state index in [0.717, 1.165) is 62.9 Å². The average molecular weight is 486 g/mol. The maximum Gasteiger partial charge on any atom is 0.232 e. The Bertz CT molecular complexity index is 1230. The molecule has 1 N–H and O–H groups in total. The number of aromatic nitrogens is 7. The Balaban J connectivity index is 1.15. The number of hydrogen-bond donors (Lipinski definition) is 1. The van der Waals surface area contributed by atoms with Crippen molar-refractivity contribution in [2.75, 3.05) is 61.9 Å². The van der Waals surface area contributed by atoms with E-state index in [9.17, 15) is 0 Å². The molecule has 5 rings (SSSR count). The Labute approximate surface area is 210 Å². The molecule has 4 heterocycles. The molecule has 4 aromatic rings. The van der Waals surface area contributed by atoms with E-state index < -0.39 is 0 Å². The molecule has 1 aliphatic heterocycles. The van der Waals surface area contributed by atoms with Crippen molar-refractivity contribution >= 4 is 23.5 Å². The summed E-state index contributed by atoms with van der Waals surface area (Å²) in [7, 11) is 4.09. The third-order valence-electron chi connectivity index (χ3n) is 6.01. The second-order valence-electron chi connectivity index (χ2n) is 9.06. The van der Waals surface area contributed by atoms with Gasteiger partial charge in [0.05, 0.1) is 18.4 Å². The Morgan fingerprint density at radius 2 is 1.56 bits per heavy atom. The monoisotopic (exact) mass is 485 g/mol. The molecule has 0 radical (unpaired) electrons. The fourth-order valence-corrected chi connectivity index (χ4v) is 4.02. The highest BCUT2D eigenvalue weighted by Gasteiger charge is 2.21. The first-order valence-corrected chi connectivity index (χ1v) is 12.1. The maximum absolute atomic E-state index is 4.62. The van der Waals surface area contributed by atoms with Crippen LogP contribution in [0.1, 0.15) is 11.1 Å².